The van der Waals surface area contributed by atoms with Crippen molar-refractivity contribution in [1.82, 2.24) is 5.32 Å². The predicted molar refractivity (Wildman–Crippen MR) is 71.5 cm³/mol. The van der Waals surface area contributed by atoms with E-state index in [1.807, 2.05) is 6.92 Å². The minimum absolute atomic E-state index is 0.00837. The molecule has 1 saturated heterocycles. The van der Waals surface area contributed by atoms with E-state index in [0.717, 1.165) is 19.0 Å². The van der Waals surface area contributed by atoms with E-state index < -0.39 is 11.6 Å². The minimum atomic E-state index is -0.671. The number of rotatable bonds is 6. The summed E-state index contributed by atoms with van der Waals surface area (Å²) in [7, 11) is 0. The molecule has 3 nitrogen and oxygen atoms in total. The third-order valence-corrected chi connectivity index (χ3v) is 3.53. The monoisotopic (exact) mass is 283 g/mol. The summed E-state index contributed by atoms with van der Waals surface area (Å²) in [5.41, 5.74) is 0.234. The largest absolute Gasteiger partial charge is 0.379 e. The van der Waals surface area contributed by atoms with Crippen LogP contribution in [0.3, 0.4) is 0 Å². The van der Waals surface area contributed by atoms with Gasteiger partial charge in [0.2, 0.25) is 0 Å². The smallest absolute Gasteiger partial charge is 0.144 e. The molecule has 20 heavy (non-hydrogen) atoms. The maximum Gasteiger partial charge on any atom is 0.144 e. The number of ether oxygens (including phenoxy) is 1. The maximum atomic E-state index is 13.6. The highest BCUT2D eigenvalue weighted by molar-refractivity contribution is 5.84. The molecule has 0 amide bonds. The molecule has 0 bridgehead atoms. The summed E-state index contributed by atoms with van der Waals surface area (Å²) < 4.78 is 31.7. The Kier molecular flexibility index (Phi) is 5.20. The quantitative estimate of drug-likeness (QED) is 0.869. The van der Waals surface area contributed by atoms with Crippen molar-refractivity contribution in [2.75, 3.05) is 19.8 Å². The van der Waals surface area contributed by atoms with Gasteiger partial charge in [-0.05, 0) is 24.6 Å². The first kappa shape index (κ1) is 15.1. The average molecular weight is 283 g/mol. The number of hydrogen-bond acceptors (Lipinski definition) is 3. The zero-order valence-corrected chi connectivity index (χ0v) is 11.5. The van der Waals surface area contributed by atoms with Gasteiger partial charge < -0.3 is 10.1 Å². The molecule has 5 heteroatoms. The number of halogens is 2. The highest BCUT2D eigenvalue weighted by Crippen LogP contribution is 2.19. The average Bonchev–Trinajstić information content (AvgIpc) is 2.88. The fraction of sp³-hybridized carbons (Fsp3) is 0.533. The van der Waals surface area contributed by atoms with Crippen LogP contribution >= 0.6 is 0 Å². The van der Waals surface area contributed by atoms with Gasteiger partial charge in [0.1, 0.15) is 17.4 Å². The summed E-state index contributed by atoms with van der Waals surface area (Å²) in [6, 6.07) is 3.29. The van der Waals surface area contributed by atoms with E-state index in [9.17, 15) is 13.6 Å². The van der Waals surface area contributed by atoms with E-state index in [0.29, 0.717) is 13.2 Å². The lowest BCUT2D eigenvalue weighted by molar-refractivity contribution is -0.122. The van der Waals surface area contributed by atoms with E-state index in [1.165, 1.54) is 12.1 Å². The summed E-state index contributed by atoms with van der Waals surface area (Å²) >= 11 is 0. The Morgan fingerprint density at radius 3 is 2.90 bits per heavy atom. The second-order valence-corrected chi connectivity index (χ2v) is 5.08. The standard InChI is InChI=1S/C15H19F2NO2/c1-2-5-18-14-9-20-8-12(14)15(19)6-10-3-4-11(16)7-13(10)17/h3-4,7,12,14,18H,2,5-6,8-9H2,1H3. The van der Waals surface area contributed by atoms with Crippen molar-refractivity contribution in [2.45, 2.75) is 25.8 Å². The van der Waals surface area contributed by atoms with Crippen molar-refractivity contribution >= 4 is 5.78 Å². The number of carbonyl (C=O) groups excluding carboxylic acids is 1. The first-order valence-corrected chi connectivity index (χ1v) is 6.89. The van der Waals surface area contributed by atoms with E-state index >= 15 is 0 Å². The van der Waals surface area contributed by atoms with Crippen molar-refractivity contribution in [3.8, 4) is 0 Å². The molecule has 0 aromatic heterocycles. The zero-order valence-electron chi connectivity index (χ0n) is 11.5. The molecule has 0 radical (unpaired) electrons. The number of nitrogens with one attached hydrogen (secondary N) is 1. The second-order valence-electron chi connectivity index (χ2n) is 5.08. The number of hydrogen-bond donors (Lipinski definition) is 1. The van der Waals surface area contributed by atoms with Crippen molar-refractivity contribution in [2.24, 2.45) is 5.92 Å². The molecule has 1 heterocycles. The van der Waals surface area contributed by atoms with Crippen molar-refractivity contribution in [3.63, 3.8) is 0 Å². The van der Waals surface area contributed by atoms with Crippen LogP contribution in [-0.2, 0) is 16.0 Å². The Bertz CT molecular complexity index is 479. The van der Waals surface area contributed by atoms with E-state index in [1.54, 1.807) is 0 Å². The summed E-state index contributed by atoms with van der Waals surface area (Å²) in [4.78, 5) is 12.2. The van der Waals surface area contributed by atoms with Crippen LogP contribution < -0.4 is 5.32 Å². The lowest BCUT2D eigenvalue weighted by Crippen LogP contribution is -2.40. The predicted octanol–water partition coefficient (Wildman–Crippen LogP) is 2.09. The fourth-order valence-electron chi connectivity index (χ4n) is 2.39. The molecule has 1 fully saturated rings. The van der Waals surface area contributed by atoms with Gasteiger partial charge in [0.25, 0.3) is 0 Å². The van der Waals surface area contributed by atoms with Crippen LogP contribution in [0.2, 0.25) is 0 Å². The van der Waals surface area contributed by atoms with Gasteiger partial charge in [0.05, 0.1) is 19.1 Å². The topological polar surface area (TPSA) is 38.3 Å². The molecule has 2 rings (SSSR count). The Labute approximate surface area is 117 Å². The number of Topliss-reactive ketones (excluding diaryl/α,β-unsaturated/α-hetero) is 1. The Morgan fingerprint density at radius 1 is 1.40 bits per heavy atom. The van der Waals surface area contributed by atoms with Gasteiger partial charge in [-0.3, -0.25) is 4.79 Å². The first-order chi connectivity index (χ1) is 9.61. The maximum absolute atomic E-state index is 13.6. The van der Waals surface area contributed by atoms with E-state index in [-0.39, 0.29) is 29.7 Å². The van der Waals surface area contributed by atoms with Gasteiger partial charge in [-0.25, -0.2) is 8.78 Å². The summed E-state index contributed by atoms with van der Waals surface area (Å²) in [5, 5.41) is 3.27. The molecule has 1 aliphatic rings. The molecule has 1 aromatic carbocycles. The molecule has 2 atom stereocenters. The van der Waals surface area contributed by atoms with Gasteiger partial charge in [0.15, 0.2) is 0 Å². The molecule has 110 valence electrons. The molecular formula is C15H19F2NO2. The van der Waals surface area contributed by atoms with Crippen LogP contribution in [0.25, 0.3) is 0 Å². The molecule has 0 saturated carbocycles. The molecule has 1 aromatic rings. The lowest BCUT2D eigenvalue weighted by Gasteiger charge is -2.17. The van der Waals surface area contributed by atoms with Crippen LogP contribution in [0.1, 0.15) is 18.9 Å². The fourth-order valence-corrected chi connectivity index (χ4v) is 2.39. The van der Waals surface area contributed by atoms with Crippen LogP contribution in [0.4, 0.5) is 8.78 Å². The van der Waals surface area contributed by atoms with Gasteiger partial charge in [-0.2, -0.15) is 0 Å². The van der Waals surface area contributed by atoms with Crippen LogP contribution in [0.15, 0.2) is 18.2 Å². The summed E-state index contributed by atoms with van der Waals surface area (Å²) in [6.45, 7) is 3.74. The summed E-state index contributed by atoms with van der Waals surface area (Å²) in [6.07, 6.45) is 0.953. The number of benzene rings is 1. The van der Waals surface area contributed by atoms with Crippen LogP contribution in [-0.4, -0.2) is 31.6 Å². The van der Waals surface area contributed by atoms with E-state index in [2.05, 4.69) is 5.32 Å². The molecular weight excluding hydrogens is 264 g/mol. The van der Waals surface area contributed by atoms with Gasteiger partial charge in [-0.15, -0.1) is 0 Å². The van der Waals surface area contributed by atoms with Gasteiger partial charge in [0, 0.05) is 18.5 Å². The zero-order chi connectivity index (χ0) is 14.5. The Balaban J connectivity index is 2.00. The molecule has 1 N–H and O–H groups in total. The Morgan fingerprint density at radius 2 is 2.20 bits per heavy atom. The molecule has 0 aliphatic carbocycles. The lowest BCUT2D eigenvalue weighted by atomic mass is 9.93. The van der Waals surface area contributed by atoms with Crippen molar-refractivity contribution < 1.29 is 18.3 Å². The Hall–Kier alpha value is -1.33. The van der Waals surface area contributed by atoms with Crippen molar-refractivity contribution in [3.05, 3.63) is 35.4 Å². The minimum Gasteiger partial charge on any atom is -0.379 e. The molecule has 1 aliphatic heterocycles. The summed E-state index contributed by atoms with van der Waals surface area (Å²) in [5.74, 6) is -1.63. The highest BCUT2D eigenvalue weighted by Gasteiger charge is 2.33. The third kappa shape index (κ3) is 3.61. The van der Waals surface area contributed by atoms with Crippen molar-refractivity contribution in [1.29, 1.82) is 0 Å². The number of carbonyl (C=O) groups is 1. The number of ketones is 1. The normalized spacial score (nSPS) is 22.1. The molecule has 0 spiro atoms. The van der Waals surface area contributed by atoms with Crippen LogP contribution in [0, 0.1) is 17.6 Å². The van der Waals surface area contributed by atoms with E-state index in [4.69, 9.17) is 4.74 Å². The second kappa shape index (κ2) is 6.90. The molecule has 2 unspecified atom stereocenters. The van der Waals surface area contributed by atoms with Gasteiger partial charge >= 0.3 is 0 Å². The van der Waals surface area contributed by atoms with Crippen LogP contribution in [0.5, 0.6) is 0 Å². The highest BCUT2D eigenvalue weighted by atomic mass is 19.1. The van der Waals surface area contributed by atoms with Gasteiger partial charge in [-0.1, -0.05) is 13.0 Å². The SMILES string of the molecule is CCCNC1COCC1C(=O)Cc1ccc(F)cc1F. The third-order valence-electron chi connectivity index (χ3n) is 3.53. The first-order valence-electron chi connectivity index (χ1n) is 6.89.